The number of hydrogen-bond acceptors (Lipinski definition) is 6. The maximum absolute atomic E-state index is 11.3. The van der Waals surface area contributed by atoms with Crippen LogP contribution in [-0.2, 0) is 0 Å². The van der Waals surface area contributed by atoms with E-state index in [1.165, 1.54) is 15.7 Å². The number of nitro groups is 1. The Hall–Kier alpha value is -1.67. The van der Waals surface area contributed by atoms with Crippen LogP contribution in [0.2, 0.25) is 0 Å². The van der Waals surface area contributed by atoms with Crippen molar-refractivity contribution >= 4 is 27.9 Å². The van der Waals surface area contributed by atoms with E-state index in [0.29, 0.717) is 23.2 Å². The molecule has 0 saturated carbocycles. The summed E-state index contributed by atoms with van der Waals surface area (Å²) in [7, 11) is 0. The second kappa shape index (κ2) is 4.46. The predicted octanol–water partition coefficient (Wildman–Crippen LogP) is 1.48. The molecule has 19 heavy (non-hydrogen) atoms. The van der Waals surface area contributed by atoms with Gasteiger partial charge in [0.1, 0.15) is 6.20 Å². The van der Waals surface area contributed by atoms with Gasteiger partial charge in [-0.25, -0.2) is 0 Å². The number of piperidine rings is 1. The SMILES string of the molecule is CC1CCN(c2nc3sccn3c2[N+](=O)[O-])CC1N. The van der Waals surface area contributed by atoms with Crippen molar-refractivity contribution in [3.8, 4) is 0 Å². The molecule has 0 amide bonds. The summed E-state index contributed by atoms with van der Waals surface area (Å²) >= 11 is 1.39. The lowest BCUT2D eigenvalue weighted by Gasteiger charge is -2.34. The lowest BCUT2D eigenvalue weighted by molar-refractivity contribution is -0.389. The van der Waals surface area contributed by atoms with E-state index in [2.05, 4.69) is 11.9 Å². The average molecular weight is 281 g/mol. The fraction of sp³-hybridized carbons (Fsp3) is 0.545. The number of rotatable bonds is 2. The van der Waals surface area contributed by atoms with Gasteiger partial charge < -0.3 is 20.7 Å². The van der Waals surface area contributed by atoms with Gasteiger partial charge >= 0.3 is 5.82 Å². The highest BCUT2D eigenvalue weighted by Crippen LogP contribution is 2.33. The van der Waals surface area contributed by atoms with E-state index in [9.17, 15) is 10.1 Å². The number of fused-ring (bicyclic) bond motifs is 1. The van der Waals surface area contributed by atoms with Gasteiger partial charge in [-0.05, 0) is 17.3 Å². The van der Waals surface area contributed by atoms with Gasteiger partial charge in [-0.15, -0.1) is 0 Å². The minimum absolute atomic E-state index is 0.0353. The Morgan fingerprint density at radius 1 is 1.63 bits per heavy atom. The van der Waals surface area contributed by atoms with Crippen LogP contribution >= 0.6 is 11.3 Å². The molecular weight excluding hydrogens is 266 g/mol. The zero-order valence-electron chi connectivity index (χ0n) is 10.5. The van der Waals surface area contributed by atoms with E-state index in [1.54, 1.807) is 11.6 Å². The molecule has 0 aromatic carbocycles. The topological polar surface area (TPSA) is 89.7 Å². The Morgan fingerprint density at radius 3 is 3.11 bits per heavy atom. The molecule has 1 saturated heterocycles. The fourth-order valence-corrected chi connectivity index (χ4v) is 3.14. The van der Waals surface area contributed by atoms with E-state index >= 15 is 0 Å². The Kier molecular flexibility index (Phi) is 2.90. The summed E-state index contributed by atoms with van der Waals surface area (Å²) in [6.45, 7) is 3.50. The van der Waals surface area contributed by atoms with Crippen molar-refractivity contribution in [3.05, 3.63) is 21.7 Å². The first-order valence-corrected chi connectivity index (χ1v) is 7.06. The standard InChI is InChI=1S/C11H15N5O2S/c1-7-2-3-14(6-8(7)12)9-10(16(17)18)15-4-5-19-11(15)13-9/h4-5,7-8H,2-3,6,12H2,1H3. The van der Waals surface area contributed by atoms with E-state index in [4.69, 9.17) is 5.73 Å². The van der Waals surface area contributed by atoms with E-state index in [0.717, 1.165) is 13.0 Å². The van der Waals surface area contributed by atoms with Crippen molar-refractivity contribution < 1.29 is 4.92 Å². The molecule has 2 aromatic rings. The van der Waals surface area contributed by atoms with Crippen LogP contribution in [0.4, 0.5) is 11.6 Å². The second-order valence-electron chi connectivity index (χ2n) is 4.95. The van der Waals surface area contributed by atoms with E-state index in [1.807, 2.05) is 4.90 Å². The molecule has 8 heteroatoms. The largest absolute Gasteiger partial charge is 0.373 e. The molecule has 1 fully saturated rings. The minimum atomic E-state index is -0.369. The zero-order valence-corrected chi connectivity index (χ0v) is 11.3. The number of anilines is 1. The highest BCUT2D eigenvalue weighted by atomic mass is 32.1. The van der Waals surface area contributed by atoms with Crippen molar-refractivity contribution in [3.63, 3.8) is 0 Å². The monoisotopic (exact) mass is 281 g/mol. The molecular formula is C11H15N5O2S. The number of nitrogens with two attached hydrogens (primary N) is 1. The number of aromatic nitrogens is 2. The molecule has 0 spiro atoms. The van der Waals surface area contributed by atoms with Crippen molar-refractivity contribution in [1.29, 1.82) is 0 Å². The lowest BCUT2D eigenvalue weighted by Crippen LogP contribution is -2.47. The molecule has 0 bridgehead atoms. The highest BCUT2D eigenvalue weighted by Gasteiger charge is 2.32. The van der Waals surface area contributed by atoms with Crippen LogP contribution in [-0.4, -0.2) is 33.4 Å². The summed E-state index contributed by atoms with van der Waals surface area (Å²) < 4.78 is 1.53. The zero-order chi connectivity index (χ0) is 13.6. The van der Waals surface area contributed by atoms with Crippen molar-refractivity contribution in [1.82, 2.24) is 9.38 Å². The predicted molar refractivity (Wildman–Crippen MR) is 73.7 cm³/mol. The lowest BCUT2D eigenvalue weighted by atomic mass is 9.94. The number of thiazole rings is 1. The normalized spacial score (nSPS) is 24.0. The summed E-state index contributed by atoms with van der Waals surface area (Å²) in [6.07, 6.45) is 2.62. The third-order valence-corrected chi connectivity index (χ3v) is 4.46. The van der Waals surface area contributed by atoms with Crippen LogP contribution in [0.25, 0.3) is 4.96 Å². The third-order valence-electron chi connectivity index (χ3n) is 3.71. The summed E-state index contributed by atoms with van der Waals surface area (Å²) in [5, 5.41) is 13.1. The maximum Gasteiger partial charge on any atom is 0.373 e. The highest BCUT2D eigenvalue weighted by molar-refractivity contribution is 7.15. The Bertz CT molecular complexity index is 622. The summed E-state index contributed by atoms with van der Waals surface area (Å²) in [5.41, 5.74) is 6.06. The van der Waals surface area contributed by atoms with Gasteiger partial charge in [-0.2, -0.15) is 9.38 Å². The van der Waals surface area contributed by atoms with Crippen molar-refractivity contribution in [2.24, 2.45) is 11.7 Å². The molecule has 102 valence electrons. The Morgan fingerprint density at radius 2 is 2.42 bits per heavy atom. The van der Waals surface area contributed by atoms with Gasteiger partial charge in [0, 0.05) is 24.5 Å². The average Bonchev–Trinajstić information content (AvgIpc) is 2.91. The first-order valence-electron chi connectivity index (χ1n) is 6.18. The van der Waals surface area contributed by atoms with Gasteiger partial charge in [0.2, 0.25) is 5.82 Å². The smallest absolute Gasteiger partial charge is 0.358 e. The molecule has 2 atom stereocenters. The molecule has 0 radical (unpaired) electrons. The van der Waals surface area contributed by atoms with Gasteiger partial charge in [0.15, 0.2) is 0 Å². The fourth-order valence-electron chi connectivity index (χ4n) is 2.44. The quantitative estimate of drug-likeness (QED) is 0.665. The minimum Gasteiger partial charge on any atom is -0.358 e. The first kappa shape index (κ1) is 12.4. The van der Waals surface area contributed by atoms with Gasteiger partial charge in [0.05, 0.1) is 0 Å². The number of nitrogens with zero attached hydrogens (tertiary/aromatic N) is 4. The van der Waals surface area contributed by atoms with Crippen molar-refractivity contribution in [2.45, 2.75) is 19.4 Å². The molecule has 3 heterocycles. The number of hydrogen-bond donors (Lipinski definition) is 1. The number of imidazole rings is 1. The maximum atomic E-state index is 11.3. The molecule has 1 aliphatic rings. The van der Waals surface area contributed by atoms with Gasteiger partial charge in [-0.1, -0.05) is 18.3 Å². The molecule has 1 aliphatic heterocycles. The summed E-state index contributed by atoms with van der Waals surface area (Å²) in [5.74, 6) is 0.927. The summed E-state index contributed by atoms with van der Waals surface area (Å²) in [4.78, 5) is 17.9. The first-order chi connectivity index (χ1) is 9.08. The third kappa shape index (κ3) is 1.96. The molecule has 3 rings (SSSR count). The molecule has 2 aromatic heterocycles. The second-order valence-corrected chi connectivity index (χ2v) is 5.82. The summed E-state index contributed by atoms with van der Waals surface area (Å²) in [6, 6.07) is 0.0353. The Balaban J connectivity index is 2.02. The molecule has 0 aliphatic carbocycles. The van der Waals surface area contributed by atoms with Crippen LogP contribution in [0.1, 0.15) is 13.3 Å². The van der Waals surface area contributed by atoms with Gasteiger partial charge in [-0.3, -0.25) is 0 Å². The molecule has 7 nitrogen and oxygen atoms in total. The molecule has 2 unspecified atom stereocenters. The van der Waals surface area contributed by atoms with Crippen LogP contribution in [0, 0.1) is 16.0 Å². The van der Waals surface area contributed by atoms with Gasteiger partial charge in [0.25, 0.3) is 4.96 Å². The van der Waals surface area contributed by atoms with Crippen molar-refractivity contribution in [2.75, 3.05) is 18.0 Å². The van der Waals surface area contributed by atoms with Crippen LogP contribution in [0.15, 0.2) is 11.6 Å². The Labute approximate surface area is 113 Å². The van der Waals surface area contributed by atoms with Crippen LogP contribution < -0.4 is 10.6 Å². The molecule has 2 N–H and O–H groups in total. The van der Waals surface area contributed by atoms with Crippen LogP contribution in [0.5, 0.6) is 0 Å². The van der Waals surface area contributed by atoms with E-state index < -0.39 is 0 Å². The van der Waals surface area contributed by atoms with Crippen LogP contribution in [0.3, 0.4) is 0 Å². The van der Waals surface area contributed by atoms with E-state index in [-0.39, 0.29) is 16.8 Å².